The normalized spacial score (nSPS) is 12.1. The average molecular weight is 293 g/mol. The Morgan fingerprint density at radius 3 is 2.71 bits per heavy atom. The maximum atomic E-state index is 12.9. The van der Waals surface area contributed by atoms with Crippen LogP contribution >= 0.6 is 0 Å². The Kier molecular flexibility index (Phi) is 4.94. The van der Waals surface area contributed by atoms with Gasteiger partial charge in [0.05, 0.1) is 19.2 Å². The van der Waals surface area contributed by atoms with Crippen LogP contribution in [0.4, 0.5) is 4.39 Å². The number of aliphatic hydroxyl groups is 1. The first-order valence-corrected chi connectivity index (χ1v) is 6.48. The van der Waals surface area contributed by atoms with Gasteiger partial charge in [0.15, 0.2) is 0 Å². The fraction of sp³-hybridized carbons (Fsp3) is 0.385. The van der Waals surface area contributed by atoms with Gasteiger partial charge < -0.3 is 10.4 Å². The van der Waals surface area contributed by atoms with Crippen LogP contribution in [0.25, 0.3) is 0 Å². The number of aryl methyl sites for hydroxylation is 2. The van der Waals surface area contributed by atoms with Crippen LogP contribution in [0.3, 0.4) is 0 Å². The molecule has 0 spiro atoms. The van der Waals surface area contributed by atoms with E-state index in [1.807, 2.05) is 0 Å². The van der Waals surface area contributed by atoms with Crippen molar-refractivity contribution < 1.29 is 14.3 Å². The molecule has 0 aliphatic rings. The third-order valence-corrected chi connectivity index (χ3v) is 3.05. The monoisotopic (exact) mass is 293 g/mol. The van der Waals surface area contributed by atoms with Crippen LogP contribution in [0.1, 0.15) is 23.9 Å². The lowest BCUT2D eigenvalue weighted by Crippen LogP contribution is -2.31. The number of hydrogen-bond acceptors (Lipinski definition) is 5. The standard InChI is InChI=1S/C13H16FN5O2/c1-9-16-17-18-19(9)7-6-13(21)15-12(8-20)10-2-4-11(14)5-3-10/h2-5,12,20H,6-8H2,1H3,(H,15,21). The molecule has 112 valence electrons. The highest BCUT2D eigenvalue weighted by molar-refractivity contribution is 5.76. The molecule has 7 nitrogen and oxygen atoms in total. The number of halogens is 1. The summed E-state index contributed by atoms with van der Waals surface area (Å²) >= 11 is 0. The van der Waals surface area contributed by atoms with E-state index < -0.39 is 6.04 Å². The summed E-state index contributed by atoms with van der Waals surface area (Å²) in [5, 5.41) is 23.0. The lowest BCUT2D eigenvalue weighted by molar-refractivity contribution is -0.122. The van der Waals surface area contributed by atoms with Crippen molar-refractivity contribution in [2.45, 2.75) is 25.9 Å². The number of rotatable bonds is 6. The number of hydrogen-bond donors (Lipinski definition) is 2. The second-order valence-corrected chi connectivity index (χ2v) is 4.55. The molecular formula is C13H16FN5O2. The Hall–Kier alpha value is -2.35. The highest BCUT2D eigenvalue weighted by Crippen LogP contribution is 2.13. The molecule has 2 aromatic rings. The van der Waals surface area contributed by atoms with Crippen molar-refractivity contribution in [3.8, 4) is 0 Å². The van der Waals surface area contributed by atoms with E-state index in [4.69, 9.17) is 0 Å². The van der Waals surface area contributed by atoms with Crippen molar-refractivity contribution in [2.75, 3.05) is 6.61 Å². The number of amides is 1. The minimum absolute atomic E-state index is 0.184. The van der Waals surface area contributed by atoms with Gasteiger partial charge in [-0.1, -0.05) is 12.1 Å². The van der Waals surface area contributed by atoms with Gasteiger partial charge in [-0.2, -0.15) is 0 Å². The van der Waals surface area contributed by atoms with E-state index in [1.54, 1.807) is 6.92 Å². The maximum absolute atomic E-state index is 12.9. The van der Waals surface area contributed by atoms with E-state index in [1.165, 1.54) is 28.9 Å². The van der Waals surface area contributed by atoms with Crippen molar-refractivity contribution >= 4 is 5.91 Å². The highest BCUT2D eigenvalue weighted by atomic mass is 19.1. The number of carbonyl (C=O) groups excluding carboxylic acids is 1. The number of aliphatic hydroxyl groups excluding tert-OH is 1. The molecule has 0 saturated heterocycles. The second kappa shape index (κ2) is 6.89. The number of nitrogens with zero attached hydrogens (tertiary/aromatic N) is 4. The molecule has 1 aromatic heterocycles. The van der Waals surface area contributed by atoms with Crippen LogP contribution in [-0.4, -0.2) is 37.8 Å². The summed E-state index contributed by atoms with van der Waals surface area (Å²) in [6.07, 6.45) is 0.184. The second-order valence-electron chi connectivity index (χ2n) is 4.55. The van der Waals surface area contributed by atoms with Crippen LogP contribution in [0.15, 0.2) is 24.3 Å². The van der Waals surface area contributed by atoms with E-state index in [0.29, 0.717) is 17.9 Å². The van der Waals surface area contributed by atoms with Crippen molar-refractivity contribution in [2.24, 2.45) is 0 Å². The van der Waals surface area contributed by atoms with E-state index in [0.717, 1.165) is 0 Å². The fourth-order valence-electron chi connectivity index (χ4n) is 1.86. The smallest absolute Gasteiger partial charge is 0.222 e. The molecule has 21 heavy (non-hydrogen) atoms. The van der Waals surface area contributed by atoms with Gasteiger partial charge in [-0.15, -0.1) is 5.10 Å². The molecule has 0 aliphatic carbocycles. The molecule has 1 amide bonds. The summed E-state index contributed by atoms with van der Waals surface area (Å²) in [6.45, 7) is 1.83. The van der Waals surface area contributed by atoms with E-state index in [9.17, 15) is 14.3 Å². The first-order chi connectivity index (χ1) is 10.1. The SMILES string of the molecule is Cc1nnnn1CCC(=O)NC(CO)c1ccc(F)cc1. The van der Waals surface area contributed by atoms with Crippen LogP contribution in [0, 0.1) is 12.7 Å². The summed E-state index contributed by atoms with van der Waals surface area (Å²) in [5.74, 6) is 0.0178. The van der Waals surface area contributed by atoms with Gasteiger partial charge in [0, 0.05) is 6.42 Å². The van der Waals surface area contributed by atoms with Crippen molar-refractivity contribution in [3.63, 3.8) is 0 Å². The first-order valence-electron chi connectivity index (χ1n) is 6.48. The Balaban J connectivity index is 1.90. The summed E-state index contributed by atoms with van der Waals surface area (Å²) in [7, 11) is 0. The van der Waals surface area contributed by atoms with Crippen LogP contribution in [0.2, 0.25) is 0 Å². The molecule has 8 heteroatoms. The number of tetrazole rings is 1. The minimum Gasteiger partial charge on any atom is -0.394 e. The molecule has 1 atom stereocenters. The van der Waals surface area contributed by atoms with Gasteiger partial charge in [-0.05, 0) is 35.0 Å². The largest absolute Gasteiger partial charge is 0.394 e. The summed E-state index contributed by atoms with van der Waals surface area (Å²) < 4.78 is 14.4. The Bertz CT molecular complexity index is 599. The van der Waals surface area contributed by atoms with Gasteiger partial charge in [-0.25, -0.2) is 9.07 Å². The molecule has 0 bridgehead atoms. The Morgan fingerprint density at radius 1 is 1.43 bits per heavy atom. The molecule has 0 radical (unpaired) electrons. The van der Waals surface area contributed by atoms with E-state index >= 15 is 0 Å². The quantitative estimate of drug-likeness (QED) is 0.802. The van der Waals surface area contributed by atoms with Crippen molar-refractivity contribution in [3.05, 3.63) is 41.5 Å². The zero-order chi connectivity index (χ0) is 15.2. The van der Waals surface area contributed by atoms with Crippen molar-refractivity contribution in [1.29, 1.82) is 0 Å². The number of nitrogens with one attached hydrogen (secondary N) is 1. The first kappa shape index (κ1) is 15.0. The Labute approximate surface area is 120 Å². The maximum Gasteiger partial charge on any atom is 0.222 e. The van der Waals surface area contributed by atoms with E-state index in [-0.39, 0.29) is 24.8 Å². The van der Waals surface area contributed by atoms with Crippen LogP contribution in [-0.2, 0) is 11.3 Å². The Morgan fingerprint density at radius 2 is 2.14 bits per heavy atom. The predicted molar refractivity (Wildman–Crippen MR) is 71.5 cm³/mol. The van der Waals surface area contributed by atoms with Gasteiger partial charge in [0.25, 0.3) is 0 Å². The molecular weight excluding hydrogens is 277 g/mol. The molecule has 0 aliphatic heterocycles. The number of aromatic nitrogens is 4. The molecule has 1 aromatic carbocycles. The molecule has 0 saturated carbocycles. The summed E-state index contributed by atoms with van der Waals surface area (Å²) in [4.78, 5) is 11.9. The van der Waals surface area contributed by atoms with E-state index in [2.05, 4.69) is 20.8 Å². The number of benzene rings is 1. The van der Waals surface area contributed by atoms with Gasteiger partial charge >= 0.3 is 0 Å². The third-order valence-electron chi connectivity index (χ3n) is 3.05. The molecule has 2 N–H and O–H groups in total. The lowest BCUT2D eigenvalue weighted by Gasteiger charge is -2.16. The number of carbonyl (C=O) groups is 1. The fourth-order valence-corrected chi connectivity index (χ4v) is 1.86. The van der Waals surface area contributed by atoms with Gasteiger partial charge in [0.1, 0.15) is 11.6 Å². The zero-order valence-corrected chi connectivity index (χ0v) is 11.5. The highest BCUT2D eigenvalue weighted by Gasteiger charge is 2.14. The molecule has 0 fully saturated rings. The average Bonchev–Trinajstić information content (AvgIpc) is 2.89. The molecule has 1 unspecified atom stereocenters. The van der Waals surface area contributed by atoms with Gasteiger partial charge in [-0.3, -0.25) is 4.79 Å². The lowest BCUT2D eigenvalue weighted by atomic mass is 10.1. The zero-order valence-electron chi connectivity index (χ0n) is 11.5. The molecule has 1 heterocycles. The summed E-state index contributed by atoms with van der Waals surface area (Å²) in [6, 6.07) is 5.07. The van der Waals surface area contributed by atoms with Crippen molar-refractivity contribution in [1.82, 2.24) is 25.5 Å². The predicted octanol–water partition coefficient (Wildman–Crippen LogP) is 0.361. The topological polar surface area (TPSA) is 92.9 Å². The van der Waals surface area contributed by atoms with Crippen LogP contribution < -0.4 is 5.32 Å². The van der Waals surface area contributed by atoms with Crippen LogP contribution in [0.5, 0.6) is 0 Å². The third kappa shape index (κ3) is 4.06. The summed E-state index contributed by atoms with van der Waals surface area (Å²) in [5.41, 5.74) is 0.644. The molecule has 2 rings (SSSR count). The van der Waals surface area contributed by atoms with Gasteiger partial charge in [0.2, 0.25) is 5.91 Å². The minimum atomic E-state index is -0.562.